The molecule has 4 N–H and O–H groups in total. The number of aromatic nitrogens is 4. The molecule has 1 aromatic carbocycles. The van der Waals surface area contributed by atoms with Crippen LogP contribution in [0.25, 0.3) is 11.3 Å². The quantitative estimate of drug-likeness (QED) is 0.184. The minimum Gasteiger partial charge on any atom is -0.494 e. The lowest BCUT2D eigenvalue weighted by Crippen LogP contribution is -2.50. The molecule has 3 amide bonds. The average molecular weight is 572 g/mol. The van der Waals surface area contributed by atoms with Gasteiger partial charge < -0.3 is 30.7 Å². The summed E-state index contributed by atoms with van der Waals surface area (Å²) in [6.07, 6.45) is 1.69. The van der Waals surface area contributed by atoms with Crippen LogP contribution in [0.2, 0.25) is 0 Å². The summed E-state index contributed by atoms with van der Waals surface area (Å²) < 4.78 is 12.5. The zero-order valence-electron chi connectivity index (χ0n) is 24.8. The Morgan fingerprint density at radius 1 is 1.10 bits per heavy atom. The Bertz CT molecular complexity index is 1470. The fraction of sp³-hybridized carbons (Fsp3) is 0.385. The van der Waals surface area contributed by atoms with Gasteiger partial charge in [-0.25, -0.2) is 0 Å². The SMILES string of the molecule is BC(B)(B)NC(=O)c1nnc(NC(=O)C2CC2)cc1Nc1cccc(-c2cc(C)n(CCNC(=O)COC)n2)c1OC. The van der Waals surface area contributed by atoms with E-state index in [1.807, 2.05) is 54.7 Å². The molecule has 0 saturated heterocycles. The number of aryl methyl sites for hydroxylation is 1. The van der Waals surface area contributed by atoms with E-state index < -0.39 is 11.1 Å². The lowest BCUT2D eigenvalue weighted by atomic mass is 9.49. The Kier molecular flexibility index (Phi) is 9.56. The van der Waals surface area contributed by atoms with Gasteiger partial charge >= 0.3 is 0 Å². The molecule has 1 aliphatic rings. The van der Waals surface area contributed by atoms with Gasteiger partial charge in [-0.15, -0.1) is 10.2 Å². The summed E-state index contributed by atoms with van der Waals surface area (Å²) in [5, 5.41) is 24.2. The Morgan fingerprint density at radius 3 is 2.52 bits per heavy atom. The van der Waals surface area contributed by atoms with Crippen LogP contribution in [0, 0.1) is 12.8 Å². The first-order chi connectivity index (χ1) is 20.0. The van der Waals surface area contributed by atoms with Crippen LogP contribution in [0.5, 0.6) is 5.75 Å². The number of para-hydroxylation sites is 1. The molecule has 16 heteroatoms. The number of benzene rings is 1. The van der Waals surface area contributed by atoms with E-state index in [2.05, 4.69) is 31.5 Å². The van der Waals surface area contributed by atoms with Gasteiger partial charge in [0, 0.05) is 36.9 Å². The van der Waals surface area contributed by atoms with E-state index in [-0.39, 0.29) is 35.9 Å². The highest BCUT2D eigenvalue weighted by atomic mass is 16.5. The molecule has 4 rings (SSSR count). The van der Waals surface area contributed by atoms with Crippen molar-refractivity contribution < 1.29 is 23.9 Å². The van der Waals surface area contributed by atoms with Crippen molar-refractivity contribution in [3.05, 3.63) is 41.7 Å². The van der Waals surface area contributed by atoms with Crippen molar-refractivity contribution in [1.29, 1.82) is 0 Å². The number of ether oxygens (including phenoxy) is 2. The summed E-state index contributed by atoms with van der Waals surface area (Å²) in [6.45, 7) is 2.81. The third-order valence-corrected chi connectivity index (χ3v) is 6.36. The van der Waals surface area contributed by atoms with Crippen LogP contribution in [0.4, 0.5) is 17.2 Å². The Balaban J connectivity index is 1.63. The number of carbonyl (C=O) groups is 3. The number of nitrogens with one attached hydrogen (secondary N) is 4. The fourth-order valence-corrected chi connectivity index (χ4v) is 4.24. The fourth-order valence-electron chi connectivity index (χ4n) is 4.24. The van der Waals surface area contributed by atoms with E-state index in [1.54, 1.807) is 17.9 Å². The highest BCUT2D eigenvalue weighted by Gasteiger charge is 2.30. The van der Waals surface area contributed by atoms with E-state index in [4.69, 9.17) is 14.6 Å². The maximum Gasteiger partial charge on any atom is 0.272 e. The molecule has 2 heterocycles. The summed E-state index contributed by atoms with van der Waals surface area (Å²) in [5.74, 6) is -0.0133. The molecule has 13 nitrogen and oxygen atoms in total. The van der Waals surface area contributed by atoms with Crippen LogP contribution in [0.3, 0.4) is 0 Å². The van der Waals surface area contributed by atoms with Crippen LogP contribution in [0.1, 0.15) is 29.0 Å². The second kappa shape index (κ2) is 13.1. The summed E-state index contributed by atoms with van der Waals surface area (Å²) in [7, 11) is 8.64. The lowest BCUT2D eigenvalue weighted by Gasteiger charge is -2.22. The number of carbonyl (C=O) groups excluding carboxylic acids is 3. The minimum atomic E-state index is -0.504. The molecule has 0 unspecified atom stereocenters. The van der Waals surface area contributed by atoms with E-state index >= 15 is 0 Å². The second-order valence-corrected chi connectivity index (χ2v) is 11.1. The summed E-state index contributed by atoms with van der Waals surface area (Å²) in [4.78, 5) is 37.2. The molecule has 0 bridgehead atoms. The maximum atomic E-state index is 13.2. The highest BCUT2D eigenvalue weighted by Crippen LogP contribution is 2.38. The first kappa shape index (κ1) is 30.6. The Hall–Kier alpha value is -4.33. The van der Waals surface area contributed by atoms with E-state index in [0.717, 1.165) is 24.1 Å². The predicted molar refractivity (Wildman–Crippen MR) is 166 cm³/mol. The van der Waals surface area contributed by atoms with Crippen molar-refractivity contribution in [2.45, 2.75) is 31.5 Å². The third-order valence-electron chi connectivity index (χ3n) is 6.36. The third kappa shape index (κ3) is 7.90. The van der Waals surface area contributed by atoms with Crippen molar-refractivity contribution in [3.8, 4) is 17.0 Å². The van der Waals surface area contributed by atoms with Gasteiger partial charge in [0.1, 0.15) is 30.1 Å². The summed E-state index contributed by atoms with van der Waals surface area (Å²) in [6, 6.07) is 9.06. The molecule has 2 aromatic heterocycles. The van der Waals surface area contributed by atoms with Crippen molar-refractivity contribution in [2.24, 2.45) is 5.92 Å². The van der Waals surface area contributed by atoms with Crippen molar-refractivity contribution in [3.63, 3.8) is 0 Å². The molecule has 1 saturated carbocycles. The molecule has 1 fully saturated rings. The molecular weight excluding hydrogens is 537 g/mol. The Labute approximate surface area is 247 Å². The molecule has 0 atom stereocenters. The molecule has 42 heavy (non-hydrogen) atoms. The number of amides is 3. The minimum absolute atomic E-state index is 0.00128. The van der Waals surface area contributed by atoms with Gasteiger partial charge in [0.05, 0.1) is 30.7 Å². The molecule has 0 aliphatic heterocycles. The van der Waals surface area contributed by atoms with Gasteiger partial charge in [-0.05, 0) is 43.2 Å². The largest absolute Gasteiger partial charge is 0.494 e. The standard InChI is InChI=1S/C26H35B3N8O5/c1-14-11-18(36-37(14)10-9-30-21(38)13-41-2)16-5-4-6-17(23(16)42-3)31-19-12-20(32-24(39)15-7-8-15)34-35-22(19)25(40)33-26(27,28)29/h4-6,11-12,15H,7-10,13,27-29H2,1-3H3,(H,30,38)(H,33,40)(H2,31,32,34,39). The number of anilines is 3. The van der Waals surface area contributed by atoms with Crippen LogP contribution in [0.15, 0.2) is 30.3 Å². The zero-order valence-corrected chi connectivity index (χ0v) is 24.8. The Morgan fingerprint density at radius 2 is 1.86 bits per heavy atom. The number of methoxy groups -OCH3 is 2. The molecular formula is C26H35B3N8O5. The summed E-state index contributed by atoms with van der Waals surface area (Å²) in [5.41, 5.74) is 3.28. The smallest absolute Gasteiger partial charge is 0.272 e. The van der Waals surface area contributed by atoms with E-state index in [9.17, 15) is 14.4 Å². The number of hydrogen-bond donors (Lipinski definition) is 4. The zero-order chi connectivity index (χ0) is 30.4. The van der Waals surface area contributed by atoms with Crippen molar-refractivity contribution >= 4 is 58.5 Å². The maximum absolute atomic E-state index is 13.2. The molecule has 218 valence electrons. The number of nitrogens with zero attached hydrogens (tertiary/aromatic N) is 4. The van der Waals surface area contributed by atoms with Gasteiger partial charge in [-0.1, -0.05) is 6.07 Å². The second-order valence-electron chi connectivity index (χ2n) is 11.1. The van der Waals surface area contributed by atoms with E-state index in [0.29, 0.717) is 35.9 Å². The predicted octanol–water partition coefficient (Wildman–Crippen LogP) is -1.25. The van der Waals surface area contributed by atoms with Gasteiger partial charge in [0.25, 0.3) is 5.91 Å². The van der Waals surface area contributed by atoms with Crippen LogP contribution in [-0.4, -0.2) is 93.8 Å². The number of rotatable bonds is 13. The van der Waals surface area contributed by atoms with Gasteiger partial charge in [-0.3, -0.25) is 19.1 Å². The first-order valence-electron chi connectivity index (χ1n) is 13.7. The van der Waals surface area contributed by atoms with Crippen LogP contribution < -0.4 is 26.0 Å². The molecule has 0 radical (unpaired) electrons. The first-order valence-corrected chi connectivity index (χ1v) is 13.7. The molecule has 0 spiro atoms. The van der Waals surface area contributed by atoms with Crippen molar-refractivity contribution in [2.75, 3.05) is 38.0 Å². The average Bonchev–Trinajstić information content (AvgIpc) is 3.71. The van der Waals surface area contributed by atoms with Crippen LogP contribution >= 0.6 is 0 Å². The summed E-state index contributed by atoms with van der Waals surface area (Å²) >= 11 is 0. The highest BCUT2D eigenvalue weighted by molar-refractivity contribution is 6.60. The molecule has 3 aromatic rings. The van der Waals surface area contributed by atoms with Gasteiger partial charge in [0.15, 0.2) is 17.3 Å². The lowest BCUT2D eigenvalue weighted by molar-refractivity contribution is -0.124. The normalized spacial score (nSPS) is 12.8. The topological polar surface area (TPSA) is 161 Å². The van der Waals surface area contributed by atoms with Crippen molar-refractivity contribution in [1.82, 2.24) is 30.6 Å². The monoisotopic (exact) mass is 572 g/mol. The van der Waals surface area contributed by atoms with Gasteiger partial charge in [-0.2, -0.15) is 5.10 Å². The van der Waals surface area contributed by atoms with E-state index in [1.165, 1.54) is 7.11 Å². The molecule has 1 aliphatic carbocycles. The number of hydrogen-bond acceptors (Lipinski definition) is 9. The van der Waals surface area contributed by atoms with Crippen LogP contribution in [-0.2, 0) is 20.9 Å². The van der Waals surface area contributed by atoms with Gasteiger partial charge in [0.2, 0.25) is 11.8 Å².